The molecule has 19 heavy (non-hydrogen) atoms. The number of nitrogens with two attached hydrogens (primary N) is 1. The number of aryl methyl sites for hydroxylation is 2. The number of amides is 1. The van der Waals surface area contributed by atoms with Crippen molar-refractivity contribution in [2.24, 2.45) is 5.84 Å². The highest BCUT2D eigenvalue weighted by Gasteiger charge is 2.15. The quantitative estimate of drug-likeness (QED) is 0.494. The SMILES string of the molecule is Cc1cc(COc2cccnc2C)oc1C(=O)NN. The second kappa shape index (κ2) is 5.53. The minimum atomic E-state index is -0.457. The number of hydrogen-bond acceptors (Lipinski definition) is 5. The van der Waals surface area contributed by atoms with Crippen molar-refractivity contribution in [2.45, 2.75) is 20.5 Å². The van der Waals surface area contributed by atoms with Gasteiger partial charge in [0.25, 0.3) is 0 Å². The lowest BCUT2D eigenvalue weighted by Gasteiger charge is -2.05. The average molecular weight is 261 g/mol. The van der Waals surface area contributed by atoms with Crippen LogP contribution in [0.2, 0.25) is 0 Å². The van der Waals surface area contributed by atoms with Gasteiger partial charge in [0.2, 0.25) is 0 Å². The number of nitrogens with zero attached hydrogens (tertiary/aromatic N) is 1. The summed E-state index contributed by atoms with van der Waals surface area (Å²) in [4.78, 5) is 15.5. The normalized spacial score (nSPS) is 10.3. The molecule has 2 rings (SSSR count). The summed E-state index contributed by atoms with van der Waals surface area (Å²) in [6.07, 6.45) is 1.70. The van der Waals surface area contributed by atoms with Crippen LogP contribution >= 0.6 is 0 Å². The predicted octanol–water partition coefficient (Wildman–Crippen LogP) is 1.47. The van der Waals surface area contributed by atoms with Gasteiger partial charge in [-0.1, -0.05) is 0 Å². The number of aromatic nitrogens is 1. The Balaban J connectivity index is 2.09. The van der Waals surface area contributed by atoms with Crippen LogP contribution in [0.3, 0.4) is 0 Å². The first-order valence-corrected chi connectivity index (χ1v) is 5.76. The molecule has 0 saturated carbocycles. The summed E-state index contributed by atoms with van der Waals surface area (Å²) in [6, 6.07) is 5.37. The average Bonchev–Trinajstić information content (AvgIpc) is 2.78. The number of carbonyl (C=O) groups excluding carboxylic acids is 1. The predicted molar refractivity (Wildman–Crippen MR) is 68.4 cm³/mol. The van der Waals surface area contributed by atoms with Crippen LogP contribution in [0.15, 0.2) is 28.8 Å². The maximum Gasteiger partial charge on any atom is 0.301 e. The van der Waals surface area contributed by atoms with Crippen LogP contribution < -0.4 is 16.0 Å². The van der Waals surface area contributed by atoms with E-state index in [-0.39, 0.29) is 12.4 Å². The molecule has 2 aromatic heterocycles. The third-order valence-electron chi connectivity index (χ3n) is 2.63. The van der Waals surface area contributed by atoms with E-state index in [0.717, 1.165) is 5.69 Å². The van der Waals surface area contributed by atoms with Crippen LogP contribution in [0.5, 0.6) is 5.75 Å². The van der Waals surface area contributed by atoms with Gasteiger partial charge in [0.05, 0.1) is 5.69 Å². The Morgan fingerprint density at radius 2 is 2.32 bits per heavy atom. The van der Waals surface area contributed by atoms with Gasteiger partial charge in [-0.15, -0.1) is 0 Å². The summed E-state index contributed by atoms with van der Waals surface area (Å²) in [5.74, 6) is 6.05. The molecule has 0 bridgehead atoms. The molecule has 1 amide bonds. The maximum atomic E-state index is 11.4. The van der Waals surface area contributed by atoms with E-state index in [2.05, 4.69) is 4.98 Å². The fraction of sp³-hybridized carbons (Fsp3) is 0.231. The van der Waals surface area contributed by atoms with Crippen molar-refractivity contribution in [3.05, 3.63) is 47.2 Å². The highest BCUT2D eigenvalue weighted by Crippen LogP contribution is 2.19. The third-order valence-corrected chi connectivity index (χ3v) is 2.63. The topological polar surface area (TPSA) is 90.4 Å². The van der Waals surface area contributed by atoms with Gasteiger partial charge in [-0.2, -0.15) is 0 Å². The maximum absolute atomic E-state index is 11.4. The van der Waals surface area contributed by atoms with Gasteiger partial charge in [-0.25, -0.2) is 5.84 Å². The van der Waals surface area contributed by atoms with E-state index >= 15 is 0 Å². The largest absolute Gasteiger partial charge is 0.484 e. The van der Waals surface area contributed by atoms with Crippen LogP contribution in [0.4, 0.5) is 0 Å². The van der Waals surface area contributed by atoms with Gasteiger partial charge in [-0.3, -0.25) is 15.2 Å². The fourth-order valence-corrected chi connectivity index (χ4v) is 1.68. The minimum absolute atomic E-state index is 0.198. The lowest BCUT2D eigenvalue weighted by Crippen LogP contribution is -2.30. The van der Waals surface area contributed by atoms with Crippen molar-refractivity contribution >= 4 is 5.91 Å². The highest BCUT2D eigenvalue weighted by atomic mass is 16.5. The standard InChI is InChI=1S/C13H15N3O3/c1-8-6-10(19-12(8)13(17)16-14)7-18-11-4-3-5-15-9(11)2/h3-6H,7,14H2,1-2H3,(H,16,17). The van der Waals surface area contributed by atoms with E-state index in [1.165, 1.54) is 0 Å². The van der Waals surface area contributed by atoms with Gasteiger partial charge < -0.3 is 9.15 Å². The van der Waals surface area contributed by atoms with E-state index in [0.29, 0.717) is 17.1 Å². The van der Waals surface area contributed by atoms with E-state index < -0.39 is 5.91 Å². The number of pyridine rings is 1. The molecule has 0 aliphatic carbocycles. The summed E-state index contributed by atoms with van der Waals surface area (Å²) in [7, 11) is 0. The molecule has 0 radical (unpaired) electrons. The molecule has 0 aliphatic heterocycles. The number of furan rings is 1. The number of hydrogen-bond donors (Lipinski definition) is 2. The Morgan fingerprint density at radius 1 is 1.53 bits per heavy atom. The summed E-state index contributed by atoms with van der Waals surface area (Å²) in [5.41, 5.74) is 3.54. The molecule has 0 unspecified atom stereocenters. The Bertz CT molecular complexity index is 593. The van der Waals surface area contributed by atoms with Gasteiger partial charge >= 0.3 is 5.91 Å². The molecule has 0 aliphatic rings. The molecule has 0 spiro atoms. The number of nitrogen functional groups attached to an aromatic ring is 1. The number of carbonyl (C=O) groups is 1. The molecular weight excluding hydrogens is 246 g/mol. The Kier molecular flexibility index (Phi) is 3.82. The zero-order valence-electron chi connectivity index (χ0n) is 10.8. The summed E-state index contributed by atoms with van der Waals surface area (Å²) in [5, 5.41) is 0. The van der Waals surface area contributed by atoms with E-state index in [1.54, 1.807) is 25.3 Å². The molecule has 6 heteroatoms. The zero-order chi connectivity index (χ0) is 13.8. The van der Waals surface area contributed by atoms with E-state index in [1.807, 2.05) is 18.4 Å². The van der Waals surface area contributed by atoms with E-state index in [4.69, 9.17) is 15.0 Å². The van der Waals surface area contributed by atoms with Crippen LogP contribution in [0, 0.1) is 13.8 Å². The Morgan fingerprint density at radius 3 is 3.00 bits per heavy atom. The molecule has 6 nitrogen and oxygen atoms in total. The Labute approximate surface area is 110 Å². The molecule has 0 fully saturated rings. The molecule has 3 N–H and O–H groups in total. The lowest BCUT2D eigenvalue weighted by atomic mass is 10.2. The van der Waals surface area contributed by atoms with Gasteiger partial charge in [-0.05, 0) is 32.0 Å². The molecule has 100 valence electrons. The summed E-state index contributed by atoms with van der Waals surface area (Å²) in [6.45, 7) is 3.86. The molecule has 0 saturated heterocycles. The van der Waals surface area contributed by atoms with Gasteiger partial charge in [0.15, 0.2) is 5.76 Å². The van der Waals surface area contributed by atoms with Crippen molar-refractivity contribution in [1.29, 1.82) is 0 Å². The summed E-state index contributed by atoms with van der Waals surface area (Å²) < 4.78 is 11.0. The molecular formula is C13H15N3O3. The number of hydrazine groups is 1. The molecule has 2 aromatic rings. The first-order valence-electron chi connectivity index (χ1n) is 5.76. The first kappa shape index (κ1) is 13.1. The van der Waals surface area contributed by atoms with Crippen molar-refractivity contribution in [2.75, 3.05) is 0 Å². The van der Waals surface area contributed by atoms with E-state index in [9.17, 15) is 4.79 Å². The van der Waals surface area contributed by atoms with Gasteiger partial charge in [0, 0.05) is 11.8 Å². The minimum Gasteiger partial charge on any atom is -0.484 e. The first-order chi connectivity index (χ1) is 9.11. The van der Waals surface area contributed by atoms with Crippen molar-refractivity contribution < 1.29 is 13.9 Å². The van der Waals surface area contributed by atoms with Gasteiger partial charge in [0.1, 0.15) is 18.1 Å². The van der Waals surface area contributed by atoms with Crippen LogP contribution in [0.1, 0.15) is 27.6 Å². The zero-order valence-corrected chi connectivity index (χ0v) is 10.8. The monoisotopic (exact) mass is 261 g/mol. The van der Waals surface area contributed by atoms with Crippen LogP contribution in [0.25, 0.3) is 0 Å². The Hall–Kier alpha value is -2.34. The van der Waals surface area contributed by atoms with Crippen molar-refractivity contribution in [3.63, 3.8) is 0 Å². The lowest BCUT2D eigenvalue weighted by molar-refractivity contribution is 0.0921. The second-order valence-electron chi connectivity index (χ2n) is 4.07. The van der Waals surface area contributed by atoms with Crippen molar-refractivity contribution in [1.82, 2.24) is 10.4 Å². The van der Waals surface area contributed by atoms with Crippen molar-refractivity contribution in [3.8, 4) is 5.75 Å². The third kappa shape index (κ3) is 2.92. The number of nitrogens with one attached hydrogen (secondary N) is 1. The number of ether oxygens (including phenoxy) is 1. The second-order valence-corrected chi connectivity index (χ2v) is 4.07. The number of rotatable bonds is 4. The van der Waals surface area contributed by atoms with Crippen LogP contribution in [-0.2, 0) is 6.61 Å². The fourth-order valence-electron chi connectivity index (χ4n) is 1.68. The summed E-state index contributed by atoms with van der Waals surface area (Å²) >= 11 is 0. The smallest absolute Gasteiger partial charge is 0.301 e. The van der Waals surface area contributed by atoms with Crippen LogP contribution in [-0.4, -0.2) is 10.9 Å². The molecule has 0 atom stereocenters. The highest BCUT2D eigenvalue weighted by molar-refractivity contribution is 5.92. The molecule has 2 heterocycles. The molecule has 0 aromatic carbocycles.